The highest BCUT2D eigenvalue weighted by molar-refractivity contribution is 9.10. The van der Waals surface area contributed by atoms with E-state index in [0.29, 0.717) is 10.2 Å². The lowest BCUT2D eigenvalue weighted by Gasteiger charge is -2.37. The van der Waals surface area contributed by atoms with E-state index in [-0.39, 0.29) is 30.8 Å². The van der Waals surface area contributed by atoms with E-state index in [4.69, 9.17) is 17.3 Å². The van der Waals surface area contributed by atoms with E-state index in [2.05, 4.69) is 20.9 Å². The topological polar surface area (TPSA) is 56.0 Å². The number of amides is 1. The van der Waals surface area contributed by atoms with Gasteiger partial charge in [0.1, 0.15) is 5.15 Å². The van der Waals surface area contributed by atoms with Crippen molar-refractivity contribution in [3.05, 3.63) is 27.5 Å². The lowest BCUT2D eigenvalue weighted by atomic mass is 9.70. The Morgan fingerprint density at radius 2 is 1.89 bits per heavy atom. The third kappa shape index (κ3) is 2.74. The number of carbonyl (C=O) groups excluding carboxylic acids is 1. The SMILES string of the molecule is NC(=O)C1(c2nc(Cl)ccc2Br)CCC(F)(F)CC1. The van der Waals surface area contributed by atoms with Gasteiger partial charge in [-0.15, -0.1) is 0 Å². The second-order valence-electron chi connectivity index (χ2n) is 4.77. The molecule has 1 amide bonds. The number of carbonyl (C=O) groups is 1. The number of pyridine rings is 1. The molecule has 2 N–H and O–H groups in total. The largest absolute Gasteiger partial charge is 0.369 e. The van der Waals surface area contributed by atoms with Crippen LogP contribution in [0.3, 0.4) is 0 Å². The highest BCUT2D eigenvalue weighted by Crippen LogP contribution is 2.46. The summed E-state index contributed by atoms with van der Waals surface area (Å²) in [5.41, 5.74) is 4.63. The third-order valence-corrected chi connectivity index (χ3v) is 4.42. The van der Waals surface area contributed by atoms with Crippen molar-refractivity contribution in [3.63, 3.8) is 0 Å². The van der Waals surface area contributed by atoms with Crippen LogP contribution < -0.4 is 5.73 Å². The summed E-state index contributed by atoms with van der Waals surface area (Å²) in [4.78, 5) is 15.9. The number of primary amides is 1. The molecule has 1 aliphatic carbocycles. The molecule has 0 aliphatic heterocycles. The van der Waals surface area contributed by atoms with Crippen LogP contribution in [-0.2, 0) is 10.2 Å². The Morgan fingerprint density at radius 1 is 1.32 bits per heavy atom. The molecule has 104 valence electrons. The number of rotatable bonds is 2. The zero-order chi connectivity index (χ0) is 14.3. The monoisotopic (exact) mass is 352 g/mol. The number of nitrogens with two attached hydrogens (primary N) is 1. The van der Waals surface area contributed by atoms with E-state index >= 15 is 0 Å². The van der Waals surface area contributed by atoms with Crippen LogP contribution in [0.25, 0.3) is 0 Å². The van der Waals surface area contributed by atoms with Gasteiger partial charge in [0.25, 0.3) is 0 Å². The van der Waals surface area contributed by atoms with Crippen molar-refractivity contribution < 1.29 is 13.6 Å². The number of nitrogens with zero attached hydrogens (tertiary/aromatic N) is 1. The van der Waals surface area contributed by atoms with Gasteiger partial charge < -0.3 is 5.73 Å². The van der Waals surface area contributed by atoms with Crippen LogP contribution in [0.5, 0.6) is 0 Å². The Balaban J connectivity index is 2.47. The molecule has 1 aliphatic rings. The third-order valence-electron chi connectivity index (χ3n) is 3.57. The average molecular weight is 354 g/mol. The minimum atomic E-state index is -2.75. The van der Waals surface area contributed by atoms with E-state index in [9.17, 15) is 13.6 Å². The summed E-state index contributed by atoms with van der Waals surface area (Å²) in [7, 11) is 0. The highest BCUT2D eigenvalue weighted by Gasteiger charge is 2.49. The minimum absolute atomic E-state index is 0.0265. The quantitative estimate of drug-likeness (QED) is 0.828. The highest BCUT2D eigenvalue weighted by atomic mass is 79.9. The standard InChI is InChI=1S/C12H12BrClF2N2O/c13-7-1-2-8(14)18-9(7)11(10(17)19)3-5-12(15,16)6-4-11/h1-2H,3-6H2,(H2,17,19). The Morgan fingerprint density at radius 3 is 2.42 bits per heavy atom. The zero-order valence-electron chi connectivity index (χ0n) is 9.93. The van der Waals surface area contributed by atoms with Crippen LogP contribution >= 0.6 is 27.5 Å². The van der Waals surface area contributed by atoms with Gasteiger partial charge in [0.2, 0.25) is 11.8 Å². The first kappa shape index (κ1) is 14.7. The summed E-state index contributed by atoms with van der Waals surface area (Å²) in [5, 5.41) is 0.205. The van der Waals surface area contributed by atoms with Crippen LogP contribution in [0.15, 0.2) is 16.6 Å². The van der Waals surface area contributed by atoms with Crippen LogP contribution in [0.2, 0.25) is 5.15 Å². The lowest BCUT2D eigenvalue weighted by Crippen LogP contribution is -2.47. The summed E-state index contributed by atoms with van der Waals surface area (Å²) in [6, 6.07) is 3.20. The zero-order valence-corrected chi connectivity index (χ0v) is 12.3. The Kier molecular flexibility index (Phi) is 3.84. The van der Waals surface area contributed by atoms with Gasteiger partial charge >= 0.3 is 0 Å². The number of hydrogen-bond donors (Lipinski definition) is 1. The maximum atomic E-state index is 13.3. The van der Waals surface area contributed by atoms with Crippen LogP contribution in [0, 0.1) is 0 Å². The molecule has 3 nitrogen and oxygen atoms in total. The molecule has 1 fully saturated rings. The molecule has 0 bridgehead atoms. The minimum Gasteiger partial charge on any atom is -0.369 e. The molecule has 7 heteroatoms. The Labute approximate surface area is 122 Å². The van der Waals surface area contributed by atoms with Crippen molar-refractivity contribution in [1.82, 2.24) is 4.98 Å². The average Bonchev–Trinajstić information content (AvgIpc) is 2.33. The number of halogens is 4. The van der Waals surface area contributed by atoms with Crippen molar-refractivity contribution in [2.45, 2.75) is 37.0 Å². The predicted octanol–water partition coefficient (Wildman–Crippen LogP) is 3.43. The molecular weight excluding hydrogens is 341 g/mol. The number of alkyl halides is 2. The summed E-state index contributed by atoms with van der Waals surface area (Å²) < 4.78 is 27.1. The maximum Gasteiger partial charge on any atom is 0.248 e. The molecular formula is C12H12BrClF2N2O. The Hall–Kier alpha value is -0.750. The van der Waals surface area contributed by atoms with Gasteiger partial charge in [0.05, 0.1) is 11.1 Å². The molecule has 19 heavy (non-hydrogen) atoms. The number of aromatic nitrogens is 1. The van der Waals surface area contributed by atoms with Gasteiger partial charge in [-0.25, -0.2) is 13.8 Å². The lowest BCUT2D eigenvalue weighted by molar-refractivity contribution is -0.129. The van der Waals surface area contributed by atoms with E-state index < -0.39 is 17.2 Å². The number of hydrogen-bond acceptors (Lipinski definition) is 2. The maximum absolute atomic E-state index is 13.3. The van der Waals surface area contributed by atoms with E-state index in [1.165, 1.54) is 0 Å². The second-order valence-corrected chi connectivity index (χ2v) is 6.01. The van der Waals surface area contributed by atoms with E-state index in [1.807, 2.05) is 0 Å². The molecule has 0 spiro atoms. The summed E-state index contributed by atoms with van der Waals surface area (Å²) in [6.07, 6.45) is -0.810. The van der Waals surface area contributed by atoms with Crippen molar-refractivity contribution in [1.29, 1.82) is 0 Å². The first-order valence-corrected chi connectivity index (χ1v) is 6.94. The van der Waals surface area contributed by atoms with Crippen LogP contribution in [-0.4, -0.2) is 16.8 Å². The van der Waals surface area contributed by atoms with Gasteiger partial charge in [-0.3, -0.25) is 4.79 Å². The van der Waals surface area contributed by atoms with Crippen LogP contribution in [0.1, 0.15) is 31.4 Å². The van der Waals surface area contributed by atoms with Gasteiger partial charge in [0, 0.05) is 17.3 Å². The van der Waals surface area contributed by atoms with Gasteiger partial charge in [-0.05, 0) is 40.9 Å². The fourth-order valence-electron chi connectivity index (χ4n) is 2.40. The molecule has 0 radical (unpaired) electrons. The first-order valence-electron chi connectivity index (χ1n) is 5.77. The van der Waals surface area contributed by atoms with Crippen molar-refractivity contribution >= 4 is 33.4 Å². The molecule has 0 saturated heterocycles. The van der Waals surface area contributed by atoms with Gasteiger partial charge in [0.15, 0.2) is 0 Å². The second kappa shape index (κ2) is 4.98. The summed E-state index contributed by atoms with van der Waals surface area (Å²) >= 11 is 9.11. The predicted molar refractivity (Wildman–Crippen MR) is 71.2 cm³/mol. The van der Waals surface area contributed by atoms with Gasteiger partial charge in [-0.1, -0.05) is 11.6 Å². The molecule has 1 heterocycles. The van der Waals surface area contributed by atoms with Crippen molar-refractivity contribution in [2.24, 2.45) is 5.73 Å². The molecule has 0 aromatic carbocycles. The van der Waals surface area contributed by atoms with E-state index in [1.54, 1.807) is 12.1 Å². The molecule has 0 unspecified atom stereocenters. The molecule has 1 aromatic rings. The van der Waals surface area contributed by atoms with Crippen molar-refractivity contribution in [3.8, 4) is 0 Å². The van der Waals surface area contributed by atoms with Crippen molar-refractivity contribution in [2.75, 3.05) is 0 Å². The normalized spacial score (nSPS) is 21.1. The smallest absolute Gasteiger partial charge is 0.248 e. The first-order chi connectivity index (χ1) is 8.77. The van der Waals surface area contributed by atoms with E-state index in [0.717, 1.165) is 0 Å². The Bertz CT molecular complexity index is 514. The summed E-state index contributed by atoms with van der Waals surface area (Å²) in [6.45, 7) is 0. The van der Waals surface area contributed by atoms with Crippen LogP contribution in [0.4, 0.5) is 8.78 Å². The molecule has 1 aromatic heterocycles. The fourth-order valence-corrected chi connectivity index (χ4v) is 3.14. The fraction of sp³-hybridized carbons (Fsp3) is 0.500. The molecule has 2 rings (SSSR count). The summed E-state index contributed by atoms with van der Waals surface area (Å²) in [5.74, 6) is -3.39. The van der Waals surface area contributed by atoms with Gasteiger partial charge in [-0.2, -0.15) is 0 Å². The molecule has 0 atom stereocenters. The molecule has 1 saturated carbocycles.